The smallest absolute Gasteiger partial charge is 0.0651 e. The molecule has 0 saturated heterocycles. The van der Waals surface area contributed by atoms with Crippen LogP contribution in [0.25, 0.3) is 122 Å². The zero-order chi connectivity index (χ0) is 114. The Morgan fingerprint density at radius 1 is 0.210 bits per heavy atom. The zero-order valence-electron chi connectivity index (χ0n) is 105. The molecule has 0 aliphatic heterocycles. The van der Waals surface area contributed by atoms with E-state index in [4.69, 9.17) is 42.5 Å². The fourth-order valence-electron chi connectivity index (χ4n) is 11.0. The number of aromatic nitrogens is 2. The third-order valence-corrected chi connectivity index (χ3v) is 15.3. The quantitative estimate of drug-likeness (QED) is 0.108. The SMILES string of the molecule is [2H]c1cc([2H])c(-c2c([2H])c([2H])c([2H])c([2H])c2[2H])c(N(c2c([2H])c([2H])c(-c3c([2H])c([2H])c([2H])c([2H])c3[2H])c([2H])c2[2H])c2c([2H])c([2H])c([2H])c(-c3c([2H])c([2H])c4c(c3[2H])c3c([2H])c([2H])c([2H])c([2H])c3n4-c3c([2H])c([2H])c([2H])c([2H])c3[2H])c2[2H])c1[2H].[2H]c1cc([2H])c(-c2c([2H])c([2H])c([2H])c([2H])c2[2H])c(N(c2c([2H])c([2H])c(-c3c([2H])c([2H])c([2H])c([2H])c3[2H])c([2H])c2[2H])c2c([2H])c([2H])c([2H])c(-c3ccc4c(c3)c3ccccc3n4-c3ccccc3)c2[2H])c1[2H]. The van der Waals surface area contributed by atoms with Crippen molar-refractivity contribution in [2.45, 2.75) is 0 Å². The second kappa shape index (κ2) is 27.1. The second-order valence-corrected chi connectivity index (χ2v) is 21.1. The minimum Gasteiger partial charge on any atom is -0.310 e. The van der Waals surface area contributed by atoms with Gasteiger partial charge in [0.2, 0.25) is 0 Å². The molecular formula is C96H68N4. The van der Waals surface area contributed by atoms with E-state index in [0.29, 0.717) is 31.3 Å². The molecule has 0 radical (unpaired) electrons. The summed E-state index contributed by atoms with van der Waals surface area (Å²) in [6, 6.07) is -30.5. The summed E-state index contributed by atoms with van der Waals surface area (Å²) in [7, 11) is 0. The van der Waals surface area contributed by atoms with E-state index in [0.717, 1.165) is 22.7 Å². The molecule has 18 aromatic rings. The molecule has 0 amide bonds. The number of anilines is 6. The highest BCUT2D eigenvalue weighted by Crippen LogP contribution is 2.46. The summed E-state index contributed by atoms with van der Waals surface area (Å²) in [6.45, 7) is 0. The van der Waals surface area contributed by atoms with Gasteiger partial charge < -0.3 is 18.9 Å². The van der Waals surface area contributed by atoms with Crippen LogP contribution in [0.4, 0.5) is 34.1 Å². The first-order valence-corrected chi connectivity index (χ1v) is 29.8. The van der Waals surface area contributed by atoms with Crippen LogP contribution in [0.1, 0.15) is 74.0 Å². The highest BCUT2D eigenvalue weighted by molar-refractivity contribution is 6.12. The predicted octanol–water partition coefficient (Wildman–Crippen LogP) is 26.5. The summed E-state index contributed by atoms with van der Waals surface area (Å²) >= 11 is 0. The number of hydrogen-bond acceptors (Lipinski definition) is 2. The number of nitrogens with zero attached hydrogens (tertiary/aromatic N) is 4. The van der Waals surface area contributed by atoms with E-state index in [1.54, 1.807) is 18.2 Å². The normalized spacial score (nSPS) is 18.8. The lowest BCUT2D eigenvalue weighted by atomic mass is 9.99. The van der Waals surface area contributed by atoms with Crippen molar-refractivity contribution >= 4 is 77.7 Å². The molecule has 0 saturated carbocycles. The maximum atomic E-state index is 10.0. The first kappa shape index (κ1) is 25.9. The minimum absolute atomic E-state index is 0.154. The van der Waals surface area contributed by atoms with Crippen molar-refractivity contribution < 1.29 is 74.0 Å². The molecule has 2 heterocycles. The fourth-order valence-corrected chi connectivity index (χ4v) is 11.0. The van der Waals surface area contributed by atoms with Gasteiger partial charge >= 0.3 is 0 Å². The summed E-state index contributed by atoms with van der Waals surface area (Å²) in [4.78, 5) is 0.924. The van der Waals surface area contributed by atoms with Gasteiger partial charge in [0.25, 0.3) is 0 Å². The third-order valence-electron chi connectivity index (χ3n) is 15.3. The molecule has 0 bridgehead atoms. The largest absolute Gasteiger partial charge is 0.310 e. The van der Waals surface area contributed by atoms with Crippen LogP contribution in [-0.2, 0) is 0 Å². The van der Waals surface area contributed by atoms with Crippen molar-refractivity contribution in [3.8, 4) is 78.1 Å². The van der Waals surface area contributed by atoms with Crippen LogP contribution >= 0.6 is 0 Å². The van der Waals surface area contributed by atoms with E-state index in [-0.39, 0.29) is 11.1 Å². The molecule has 0 aliphatic carbocycles. The first-order chi connectivity index (χ1) is 72.1. The Hall–Kier alpha value is -13.3. The topological polar surface area (TPSA) is 16.3 Å². The van der Waals surface area contributed by atoms with Gasteiger partial charge in [-0.05, 0) is 177 Å². The molecule has 0 aliphatic rings. The van der Waals surface area contributed by atoms with Gasteiger partial charge in [0, 0.05) is 66.8 Å². The lowest BCUT2D eigenvalue weighted by Crippen LogP contribution is -2.11. The predicted molar refractivity (Wildman–Crippen MR) is 424 cm³/mol. The van der Waals surface area contributed by atoms with Crippen LogP contribution in [0, 0.1) is 0 Å². The van der Waals surface area contributed by atoms with Gasteiger partial charge in [0.05, 0.1) is 107 Å². The van der Waals surface area contributed by atoms with E-state index in [1.165, 1.54) is 0 Å². The summed E-state index contributed by atoms with van der Waals surface area (Å²) in [5.41, 5.74) is -14.9. The van der Waals surface area contributed by atoms with E-state index in [9.17, 15) is 31.5 Å². The zero-order valence-corrected chi connectivity index (χ0v) is 50.9. The molecular weight excluding hydrogens is 1210 g/mol. The van der Waals surface area contributed by atoms with Gasteiger partial charge in [-0.2, -0.15) is 0 Å². The number of hydrogen-bond donors (Lipinski definition) is 0. The Balaban J connectivity index is 0.000000211. The van der Waals surface area contributed by atoms with Crippen molar-refractivity contribution in [3.05, 3.63) is 411 Å². The molecule has 18 rings (SSSR count). The summed E-state index contributed by atoms with van der Waals surface area (Å²) < 4.78 is 487. The molecule has 0 atom stereocenters. The molecule has 472 valence electrons. The van der Waals surface area contributed by atoms with Crippen molar-refractivity contribution in [2.24, 2.45) is 0 Å². The fraction of sp³-hybridized carbons (Fsp3) is 0. The van der Waals surface area contributed by atoms with Crippen LogP contribution in [0.2, 0.25) is 0 Å². The van der Waals surface area contributed by atoms with Crippen molar-refractivity contribution in [3.63, 3.8) is 0 Å². The molecule has 2 aromatic heterocycles. The van der Waals surface area contributed by atoms with Crippen LogP contribution in [0.15, 0.2) is 411 Å². The Labute approximate surface area is 659 Å². The average molecular weight is 1330 g/mol. The molecule has 0 fully saturated rings. The van der Waals surface area contributed by atoms with Gasteiger partial charge in [-0.15, -0.1) is 0 Å². The van der Waals surface area contributed by atoms with Crippen molar-refractivity contribution in [2.75, 3.05) is 9.80 Å². The Kier molecular flexibility index (Phi) is 7.03. The van der Waals surface area contributed by atoms with Crippen LogP contribution in [0.5, 0.6) is 0 Å². The van der Waals surface area contributed by atoms with Gasteiger partial charge in [-0.1, -0.05) is 290 Å². The monoisotopic (exact) mass is 1330 g/mol. The highest BCUT2D eigenvalue weighted by atomic mass is 15.2. The van der Waals surface area contributed by atoms with Gasteiger partial charge in [-0.3, -0.25) is 0 Å². The lowest BCUT2D eigenvalue weighted by Gasteiger charge is -2.28. The van der Waals surface area contributed by atoms with Crippen LogP contribution in [-0.4, -0.2) is 9.13 Å². The van der Waals surface area contributed by atoms with E-state index in [2.05, 4.69) is 0 Å². The Bertz CT molecular complexity index is 9140. The lowest BCUT2D eigenvalue weighted by molar-refractivity contribution is 1.18. The van der Waals surface area contributed by atoms with Gasteiger partial charge in [0.1, 0.15) is 0 Å². The molecule has 16 aromatic carbocycles. The Morgan fingerprint density at radius 3 is 1.21 bits per heavy atom. The van der Waals surface area contributed by atoms with E-state index >= 15 is 0 Å². The summed E-state index contributed by atoms with van der Waals surface area (Å²) in [6.07, 6.45) is 0. The number of benzene rings is 16. The number of para-hydroxylation sites is 6. The van der Waals surface area contributed by atoms with Crippen molar-refractivity contribution in [1.29, 1.82) is 0 Å². The molecule has 0 unspecified atom stereocenters. The molecule has 4 nitrogen and oxygen atoms in total. The number of rotatable bonds is 14. The maximum Gasteiger partial charge on any atom is 0.0651 e. The molecule has 0 N–H and O–H groups in total. The highest BCUT2D eigenvalue weighted by Gasteiger charge is 2.22. The van der Waals surface area contributed by atoms with Crippen LogP contribution in [0.3, 0.4) is 0 Å². The molecule has 100 heavy (non-hydrogen) atoms. The summed E-state index contributed by atoms with van der Waals surface area (Å²) in [5, 5.41) is 0.00697. The van der Waals surface area contributed by atoms with Gasteiger partial charge in [0.15, 0.2) is 0 Å². The molecule has 0 spiro atoms. The van der Waals surface area contributed by atoms with E-state index < -0.39 is 444 Å². The standard InChI is InChI=1S/2C48H34N2/c2*1-4-15-35(16-5-1)36-27-30-41(31-28-36)49(46-25-12-10-23-43(46)37-17-6-2-7-18-37)42-22-14-19-38(33-42)39-29-32-48-45(34-39)44-24-11-13-26-47(44)50(48)40-20-8-3-9-21-40/h2*1-34H/i1D,2D,3D,4D,5D,6D,7D,8D,9D,11D,12D,13D,14D,15D,16D,17D,18D,19D,20D,21D,22D,23D,24D,25D,26D,27D,28D,29D,30D,31D,32D,33D,34D;1D,2D,4D,5D,6D,7D,12D,14D,15D,16D,17D,18D,19D,22D,23D,25D,27D,28D,30D,31D,33D. The van der Waals surface area contributed by atoms with E-state index in [1.807, 2.05) is 59.2 Å². The second-order valence-electron chi connectivity index (χ2n) is 21.1. The summed E-state index contributed by atoms with van der Waals surface area (Å²) in [5.74, 6) is 0. The first-order valence-electron chi connectivity index (χ1n) is 56.8. The Morgan fingerprint density at radius 2 is 0.640 bits per heavy atom. The molecule has 4 heteroatoms. The van der Waals surface area contributed by atoms with Crippen LogP contribution < -0.4 is 9.80 Å². The third kappa shape index (κ3) is 11.8. The average Bonchev–Trinajstić information content (AvgIpc) is 1.66. The minimum atomic E-state index is -1.35. The number of fused-ring (bicyclic) bond motifs is 6. The van der Waals surface area contributed by atoms with Gasteiger partial charge in [-0.25, -0.2) is 0 Å². The maximum absolute atomic E-state index is 10.0. The van der Waals surface area contributed by atoms with Crippen molar-refractivity contribution in [1.82, 2.24) is 9.13 Å².